The monoisotopic (exact) mass is 241 g/mol. The van der Waals surface area contributed by atoms with Gasteiger partial charge in [0.2, 0.25) is 0 Å². The summed E-state index contributed by atoms with van der Waals surface area (Å²) in [6.07, 6.45) is -2.60. The largest absolute Gasteiger partial charge is 0.478 e. The van der Waals surface area contributed by atoms with Crippen LogP contribution in [0.25, 0.3) is 10.8 Å². The molecule has 2 aromatic rings. The van der Waals surface area contributed by atoms with Gasteiger partial charge in [0.15, 0.2) is 0 Å². The van der Waals surface area contributed by atoms with E-state index in [1.54, 1.807) is 0 Å². The first kappa shape index (κ1) is 11.4. The predicted octanol–water partition coefficient (Wildman–Crippen LogP) is 2.95. The van der Waals surface area contributed by atoms with Gasteiger partial charge in [-0.25, -0.2) is 4.79 Å². The fraction of sp³-hybridized carbons (Fsp3) is 0.0909. The third-order valence-corrected chi connectivity index (χ3v) is 2.31. The summed E-state index contributed by atoms with van der Waals surface area (Å²) < 4.78 is 38.0. The smallest absolute Gasteiger partial charge is 0.418 e. The van der Waals surface area contributed by atoms with Crippen LogP contribution in [0.15, 0.2) is 30.6 Å². The average Bonchev–Trinajstić information content (AvgIpc) is 2.26. The molecular weight excluding hydrogens is 235 g/mol. The van der Waals surface area contributed by atoms with E-state index < -0.39 is 17.7 Å². The van der Waals surface area contributed by atoms with Crippen molar-refractivity contribution in [1.82, 2.24) is 4.98 Å². The summed E-state index contributed by atoms with van der Waals surface area (Å²) in [4.78, 5) is 14.2. The van der Waals surface area contributed by atoms with E-state index >= 15 is 0 Å². The zero-order valence-electron chi connectivity index (χ0n) is 8.32. The molecule has 0 aliphatic heterocycles. The lowest BCUT2D eigenvalue weighted by Gasteiger charge is -2.09. The number of carboxylic acids is 1. The number of nitrogens with zero attached hydrogens (tertiary/aromatic N) is 1. The van der Waals surface area contributed by atoms with Crippen LogP contribution in [0.1, 0.15) is 15.9 Å². The van der Waals surface area contributed by atoms with Gasteiger partial charge in [0.05, 0.1) is 11.1 Å². The van der Waals surface area contributed by atoms with E-state index in [9.17, 15) is 18.0 Å². The molecule has 0 amide bonds. The first-order chi connectivity index (χ1) is 7.89. The number of aromatic nitrogens is 1. The second-order valence-corrected chi connectivity index (χ2v) is 3.43. The number of pyridine rings is 1. The Morgan fingerprint density at radius 2 is 1.94 bits per heavy atom. The number of alkyl halides is 3. The van der Waals surface area contributed by atoms with Gasteiger partial charge in [0, 0.05) is 17.8 Å². The molecule has 0 unspecified atom stereocenters. The topological polar surface area (TPSA) is 50.2 Å². The summed E-state index contributed by atoms with van der Waals surface area (Å²) in [5.41, 5.74) is -1.12. The van der Waals surface area contributed by atoms with Crippen molar-refractivity contribution in [2.45, 2.75) is 6.18 Å². The maximum atomic E-state index is 12.7. The molecule has 0 spiro atoms. The Balaban J connectivity index is 2.77. The van der Waals surface area contributed by atoms with Crippen LogP contribution in [-0.4, -0.2) is 16.1 Å². The van der Waals surface area contributed by atoms with Gasteiger partial charge in [-0.15, -0.1) is 0 Å². The van der Waals surface area contributed by atoms with Crippen LogP contribution in [0.5, 0.6) is 0 Å². The molecular formula is C11H6F3NO2. The maximum absolute atomic E-state index is 12.7. The summed E-state index contributed by atoms with van der Waals surface area (Å²) in [7, 11) is 0. The van der Waals surface area contributed by atoms with Gasteiger partial charge in [0.1, 0.15) is 0 Å². The number of fused-ring (bicyclic) bond motifs is 1. The molecule has 0 fully saturated rings. The number of carbonyl (C=O) groups is 1. The van der Waals surface area contributed by atoms with Gasteiger partial charge in [-0.1, -0.05) is 6.07 Å². The highest BCUT2D eigenvalue weighted by Gasteiger charge is 2.33. The van der Waals surface area contributed by atoms with Gasteiger partial charge in [0.25, 0.3) is 0 Å². The summed E-state index contributed by atoms with van der Waals surface area (Å²) in [5.74, 6) is -1.27. The number of rotatable bonds is 1. The van der Waals surface area contributed by atoms with Crippen LogP contribution in [0, 0.1) is 0 Å². The Kier molecular flexibility index (Phi) is 2.49. The summed E-state index contributed by atoms with van der Waals surface area (Å²) in [6, 6.07) is 3.55. The van der Waals surface area contributed by atoms with Crippen molar-refractivity contribution in [3.8, 4) is 0 Å². The molecule has 1 heterocycles. The first-order valence-corrected chi connectivity index (χ1v) is 4.58. The lowest BCUT2D eigenvalue weighted by molar-refractivity contribution is -0.136. The molecule has 1 aromatic carbocycles. The van der Waals surface area contributed by atoms with Gasteiger partial charge < -0.3 is 5.11 Å². The third kappa shape index (κ3) is 2.06. The molecule has 0 saturated carbocycles. The van der Waals surface area contributed by atoms with Crippen LogP contribution in [0.2, 0.25) is 0 Å². The highest BCUT2D eigenvalue weighted by Crippen LogP contribution is 2.34. The summed E-state index contributed by atoms with van der Waals surface area (Å²) in [5, 5.41) is 8.84. The summed E-state index contributed by atoms with van der Waals surface area (Å²) in [6.45, 7) is 0. The second kappa shape index (κ2) is 3.73. The normalized spacial score (nSPS) is 11.7. The Morgan fingerprint density at radius 3 is 2.53 bits per heavy atom. The minimum atomic E-state index is -4.55. The quantitative estimate of drug-likeness (QED) is 0.835. The molecule has 1 N–H and O–H groups in total. The zero-order valence-corrected chi connectivity index (χ0v) is 8.32. The van der Waals surface area contributed by atoms with Gasteiger partial charge in [-0.3, -0.25) is 4.98 Å². The van der Waals surface area contributed by atoms with E-state index in [0.29, 0.717) is 6.20 Å². The van der Waals surface area contributed by atoms with Crippen LogP contribution < -0.4 is 0 Å². The molecule has 2 rings (SSSR count). The van der Waals surface area contributed by atoms with Crippen molar-refractivity contribution in [2.75, 3.05) is 0 Å². The minimum absolute atomic E-state index is 0.160. The van der Waals surface area contributed by atoms with E-state index in [-0.39, 0.29) is 16.3 Å². The Morgan fingerprint density at radius 1 is 1.24 bits per heavy atom. The Hall–Kier alpha value is -2.11. The number of hydrogen-bond donors (Lipinski definition) is 1. The van der Waals surface area contributed by atoms with E-state index in [1.807, 2.05) is 0 Å². The lowest BCUT2D eigenvalue weighted by Crippen LogP contribution is -2.07. The van der Waals surface area contributed by atoms with Crippen molar-refractivity contribution in [1.29, 1.82) is 0 Å². The second-order valence-electron chi connectivity index (χ2n) is 3.43. The van der Waals surface area contributed by atoms with Crippen molar-refractivity contribution >= 4 is 16.7 Å². The lowest BCUT2D eigenvalue weighted by atomic mass is 10.0. The van der Waals surface area contributed by atoms with Crippen LogP contribution in [0.3, 0.4) is 0 Å². The van der Waals surface area contributed by atoms with E-state index in [2.05, 4.69) is 4.98 Å². The molecule has 0 radical (unpaired) electrons. The van der Waals surface area contributed by atoms with Crippen molar-refractivity contribution < 1.29 is 23.1 Å². The number of carboxylic acid groups (broad SMARTS) is 1. The van der Waals surface area contributed by atoms with Crippen LogP contribution in [0.4, 0.5) is 13.2 Å². The predicted molar refractivity (Wildman–Crippen MR) is 53.7 cm³/mol. The van der Waals surface area contributed by atoms with Crippen LogP contribution in [-0.2, 0) is 6.18 Å². The molecule has 6 heteroatoms. The molecule has 0 aliphatic rings. The Labute approximate surface area is 93.5 Å². The van der Waals surface area contributed by atoms with Crippen molar-refractivity contribution in [3.63, 3.8) is 0 Å². The Bertz CT molecular complexity index is 593. The average molecular weight is 241 g/mol. The fourth-order valence-electron chi connectivity index (χ4n) is 1.52. The van der Waals surface area contributed by atoms with Gasteiger partial charge in [-0.2, -0.15) is 13.2 Å². The zero-order chi connectivity index (χ0) is 12.6. The number of halogens is 3. The van der Waals surface area contributed by atoms with Gasteiger partial charge in [-0.05, 0) is 17.5 Å². The molecule has 3 nitrogen and oxygen atoms in total. The fourth-order valence-corrected chi connectivity index (χ4v) is 1.52. The van der Waals surface area contributed by atoms with E-state index in [0.717, 1.165) is 6.07 Å². The molecule has 17 heavy (non-hydrogen) atoms. The number of aromatic carboxylic acids is 1. The van der Waals surface area contributed by atoms with E-state index in [4.69, 9.17) is 5.11 Å². The minimum Gasteiger partial charge on any atom is -0.478 e. The highest BCUT2D eigenvalue weighted by atomic mass is 19.4. The molecule has 88 valence electrons. The summed E-state index contributed by atoms with van der Waals surface area (Å²) >= 11 is 0. The molecule has 0 atom stereocenters. The van der Waals surface area contributed by atoms with E-state index in [1.165, 1.54) is 18.3 Å². The SMILES string of the molecule is O=C(O)c1ccc2cncc(C(F)(F)F)c2c1. The molecule has 0 saturated heterocycles. The molecule has 0 bridgehead atoms. The number of hydrogen-bond acceptors (Lipinski definition) is 2. The molecule has 1 aromatic heterocycles. The van der Waals surface area contributed by atoms with Crippen LogP contribution >= 0.6 is 0 Å². The van der Waals surface area contributed by atoms with Crippen molar-refractivity contribution in [3.05, 3.63) is 41.7 Å². The van der Waals surface area contributed by atoms with Crippen molar-refractivity contribution in [2.24, 2.45) is 0 Å². The maximum Gasteiger partial charge on any atom is 0.418 e. The highest BCUT2D eigenvalue weighted by molar-refractivity contribution is 5.95. The standard InChI is InChI=1S/C11H6F3NO2/c12-11(13,14)9-5-15-4-7-2-1-6(10(16)17)3-8(7)9/h1-5H,(H,16,17). The third-order valence-electron chi connectivity index (χ3n) is 2.31. The molecule has 0 aliphatic carbocycles. The number of benzene rings is 1. The van der Waals surface area contributed by atoms with Gasteiger partial charge >= 0.3 is 12.1 Å². The first-order valence-electron chi connectivity index (χ1n) is 4.58.